The lowest BCUT2D eigenvalue weighted by Crippen LogP contribution is -2.35. The Balaban J connectivity index is 1.99. The van der Waals surface area contributed by atoms with Crippen LogP contribution in [0.2, 0.25) is 0 Å². The van der Waals surface area contributed by atoms with Gasteiger partial charge in [-0.1, -0.05) is 63.4 Å². The van der Waals surface area contributed by atoms with E-state index in [-0.39, 0.29) is 0 Å². The van der Waals surface area contributed by atoms with Gasteiger partial charge in [-0.25, -0.2) is 0 Å². The lowest BCUT2D eigenvalue weighted by molar-refractivity contribution is 0.214. The smallest absolute Gasteiger partial charge is 0.0317 e. The van der Waals surface area contributed by atoms with E-state index in [1.165, 1.54) is 56.2 Å². The molecule has 0 aliphatic heterocycles. The molecule has 1 saturated carbocycles. The molecular formula is C20H33N. The van der Waals surface area contributed by atoms with Crippen LogP contribution < -0.4 is 5.32 Å². The third-order valence-electron chi connectivity index (χ3n) is 5.12. The molecule has 0 bridgehead atoms. The normalized spacial score (nSPS) is 19.1. The Morgan fingerprint density at radius 3 is 2.24 bits per heavy atom. The highest BCUT2D eigenvalue weighted by molar-refractivity contribution is 5.24. The van der Waals surface area contributed by atoms with Crippen LogP contribution in [-0.4, -0.2) is 6.54 Å². The van der Waals surface area contributed by atoms with E-state index in [1.807, 2.05) is 0 Å². The van der Waals surface area contributed by atoms with Gasteiger partial charge in [-0.2, -0.15) is 0 Å². The lowest BCUT2D eigenvalue weighted by atomic mass is 9.78. The van der Waals surface area contributed by atoms with Crippen molar-refractivity contribution < 1.29 is 0 Å². The summed E-state index contributed by atoms with van der Waals surface area (Å²) in [6.07, 6.45) is 8.24. The summed E-state index contributed by atoms with van der Waals surface area (Å²) in [5, 5.41) is 3.89. The summed E-state index contributed by atoms with van der Waals surface area (Å²) < 4.78 is 0. The van der Waals surface area contributed by atoms with Crippen LogP contribution in [0.5, 0.6) is 0 Å². The highest BCUT2D eigenvalue weighted by Gasteiger charge is 2.34. The molecule has 0 spiro atoms. The van der Waals surface area contributed by atoms with Gasteiger partial charge in [0, 0.05) is 12.6 Å². The first-order chi connectivity index (χ1) is 10.0. The summed E-state index contributed by atoms with van der Waals surface area (Å²) >= 11 is 0. The minimum absolute atomic E-state index is 0.509. The SMILES string of the molecule is CCC(NCC1(CC(C)C)CCCC1)c1ccc(C)cc1. The van der Waals surface area contributed by atoms with Crippen LogP contribution in [0.3, 0.4) is 0 Å². The largest absolute Gasteiger partial charge is 0.309 e. The van der Waals surface area contributed by atoms with Gasteiger partial charge in [-0.3, -0.25) is 0 Å². The first-order valence-electron chi connectivity index (χ1n) is 8.84. The van der Waals surface area contributed by atoms with Crippen LogP contribution in [0.4, 0.5) is 0 Å². The van der Waals surface area contributed by atoms with Crippen LogP contribution >= 0.6 is 0 Å². The maximum absolute atomic E-state index is 3.89. The number of hydrogen-bond acceptors (Lipinski definition) is 1. The molecule has 21 heavy (non-hydrogen) atoms. The van der Waals surface area contributed by atoms with Gasteiger partial charge in [0.15, 0.2) is 0 Å². The van der Waals surface area contributed by atoms with Crippen LogP contribution in [0.25, 0.3) is 0 Å². The fraction of sp³-hybridized carbons (Fsp3) is 0.700. The van der Waals surface area contributed by atoms with Crippen molar-refractivity contribution in [3.05, 3.63) is 35.4 Å². The monoisotopic (exact) mass is 287 g/mol. The maximum atomic E-state index is 3.89. The number of benzene rings is 1. The average molecular weight is 287 g/mol. The fourth-order valence-corrected chi connectivity index (χ4v) is 4.08. The van der Waals surface area contributed by atoms with E-state index in [2.05, 4.69) is 57.3 Å². The van der Waals surface area contributed by atoms with Gasteiger partial charge in [0.1, 0.15) is 0 Å². The molecule has 1 aromatic rings. The number of aryl methyl sites for hydroxylation is 1. The summed E-state index contributed by atoms with van der Waals surface area (Å²) in [6, 6.07) is 9.56. The van der Waals surface area contributed by atoms with Gasteiger partial charge < -0.3 is 5.32 Å². The molecule has 1 fully saturated rings. The fourth-order valence-electron chi connectivity index (χ4n) is 4.08. The highest BCUT2D eigenvalue weighted by Crippen LogP contribution is 2.43. The van der Waals surface area contributed by atoms with Crippen LogP contribution in [0.15, 0.2) is 24.3 Å². The van der Waals surface area contributed by atoms with E-state index in [1.54, 1.807) is 0 Å². The summed E-state index contributed by atoms with van der Waals surface area (Å²) in [5.74, 6) is 0.810. The Hall–Kier alpha value is -0.820. The van der Waals surface area contributed by atoms with Gasteiger partial charge in [0.25, 0.3) is 0 Å². The summed E-state index contributed by atoms with van der Waals surface area (Å²) in [7, 11) is 0. The molecule has 1 heteroatoms. The molecule has 1 aliphatic carbocycles. The zero-order chi connectivity index (χ0) is 15.3. The second-order valence-corrected chi connectivity index (χ2v) is 7.56. The second kappa shape index (κ2) is 7.45. The van der Waals surface area contributed by atoms with E-state index < -0.39 is 0 Å². The van der Waals surface area contributed by atoms with Crippen molar-refractivity contribution in [2.75, 3.05) is 6.54 Å². The van der Waals surface area contributed by atoms with Crippen molar-refractivity contribution >= 4 is 0 Å². The first-order valence-corrected chi connectivity index (χ1v) is 8.84. The summed E-state index contributed by atoms with van der Waals surface area (Å²) in [4.78, 5) is 0. The lowest BCUT2D eigenvalue weighted by Gasteiger charge is -2.33. The zero-order valence-corrected chi connectivity index (χ0v) is 14.4. The Morgan fingerprint density at radius 2 is 1.71 bits per heavy atom. The van der Waals surface area contributed by atoms with E-state index >= 15 is 0 Å². The standard InChI is InChI=1S/C20H33N/c1-5-19(18-10-8-17(4)9-11-18)21-15-20(14-16(2)3)12-6-7-13-20/h8-11,16,19,21H,5-7,12-15H2,1-4H3. The molecule has 1 aromatic carbocycles. The molecule has 118 valence electrons. The van der Waals surface area contributed by atoms with Crippen LogP contribution in [-0.2, 0) is 0 Å². The van der Waals surface area contributed by atoms with Gasteiger partial charge in [-0.15, -0.1) is 0 Å². The van der Waals surface area contributed by atoms with Crippen LogP contribution in [0.1, 0.15) is 76.5 Å². The molecule has 1 atom stereocenters. The van der Waals surface area contributed by atoms with Gasteiger partial charge >= 0.3 is 0 Å². The van der Waals surface area contributed by atoms with Gasteiger partial charge in [0.05, 0.1) is 0 Å². The van der Waals surface area contributed by atoms with Gasteiger partial charge in [-0.05, 0) is 49.5 Å². The Kier molecular flexibility index (Phi) is 5.87. The van der Waals surface area contributed by atoms with E-state index in [0.29, 0.717) is 11.5 Å². The molecule has 1 aliphatic rings. The van der Waals surface area contributed by atoms with Crippen molar-refractivity contribution in [1.82, 2.24) is 5.32 Å². The Morgan fingerprint density at radius 1 is 1.10 bits per heavy atom. The van der Waals surface area contributed by atoms with Crippen molar-refractivity contribution in [2.24, 2.45) is 11.3 Å². The number of rotatable bonds is 7. The zero-order valence-electron chi connectivity index (χ0n) is 14.4. The van der Waals surface area contributed by atoms with Crippen molar-refractivity contribution in [3.63, 3.8) is 0 Å². The molecular weight excluding hydrogens is 254 g/mol. The molecule has 0 saturated heterocycles. The predicted octanol–water partition coefficient (Wildman–Crippen LogP) is 5.64. The van der Waals surface area contributed by atoms with E-state index in [0.717, 1.165) is 5.92 Å². The third-order valence-corrected chi connectivity index (χ3v) is 5.12. The quantitative estimate of drug-likeness (QED) is 0.684. The molecule has 1 unspecified atom stereocenters. The van der Waals surface area contributed by atoms with Crippen molar-refractivity contribution in [1.29, 1.82) is 0 Å². The minimum atomic E-state index is 0.509. The van der Waals surface area contributed by atoms with Crippen molar-refractivity contribution in [2.45, 2.75) is 72.3 Å². The minimum Gasteiger partial charge on any atom is -0.309 e. The van der Waals surface area contributed by atoms with E-state index in [9.17, 15) is 0 Å². The number of hydrogen-bond donors (Lipinski definition) is 1. The van der Waals surface area contributed by atoms with Crippen LogP contribution in [0, 0.1) is 18.3 Å². The molecule has 1 N–H and O–H groups in total. The average Bonchev–Trinajstić information content (AvgIpc) is 2.89. The van der Waals surface area contributed by atoms with E-state index in [4.69, 9.17) is 0 Å². The molecule has 0 aromatic heterocycles. The maximum Gasteiger partial charge on any atom is 0.0317 e. The first kappa shape index (κ1) is 16.5. The predicted molar refractivity (Wildman–Crippen MR) is 92.6 cm³/mol. The van der Waals surface area contributed by atoms with Crippen molar-refractivity contribution in [3.8, 4) is 0 Å². The molecule has 0 radical (unpaired) electrons. The van der Waals surface area contributed by atoms with Gasteiger partial charge in [0.2, 0.25) is 0 Å². The number of nitrogens with one attached hydrogen (secondary N) is 1. The third kappa shape index (κ3) is 4.57. The molecule has 0 amide bonds. The molecule has 2 rings (SSSR count). The summed E-state index contributed by atoms with van der Waals surface area (Å²) in [6.45, 7) is 10.4. The highest BCUT2D eigenvalue weighted by atomic mass is 14.9. The molecule has 0 heterocycles. The molecule has 1 nitrogen and oxygen atoms in total. The Bertz CT molecular complexity index is 412. The summed E-state index contributed by atoms with van der Waals surface area (Å²) in [5.41, 5.74) is 3.35. The topological polar surface area (TPSA) is 12.0 Å². The second-order valence-electron chi connectivity index (χ2n) is 7.56. The Labute approximate surface area is 131 Å².